The SMILES string of the molecule is Cc1cc(C)c(CCCCC2(C)CC2)c(CCCCCC2(C(=O)O)CC2)c1C. The number of aliphatic carboxylic acids is 1. The lowest BCUT2D eigenvalue weighted by Crippen LogP contribution is -2.14. The molecule has 0 amide bonds. The van der Waals surface area contributed by atoms with Crippen LogP contribution in [0.4, 0.5) is 0 Å². The molecule has 156 valence electrons. The second kappa shape index (κ2) is 8.59. The molecular formula is C26H40O2. The van der Waals surface area contributed by atoms with Crippen LogP contribution < -0.4 is 0 Å². The Labute approximate surface area is 172 Å². The van der Waals surface area contributed by atoms with Crippen molar-refractivity contribution in [2.45, 2.75) is 111 Å². The molecule has 2 aliphatic rings. The number of benzene rings is 1. The number of unbranched alkanes of at least 4 members (excludes halogenated alkanes) is 3. The molecule has 0 unspecified atom stereocenters. The summed E-state index contributed by atoms with van der Waals surface area (Å²) < 4.78 is 0. The van der Waals surface area contributed by atoms with Gasteiger partial charge in [-0.25, -0.2) is 0 Å². The van der Waals surface area contributed by atoms with Gasteiger partial charge in [0.1, 0.15) is 0 Å². The van der Waals surface area contributed by atoms with Gasteiger partial charge in [0.25, 0.3) is 0 Å². The second-order valence-electron chi connectivity index (χ2n) is 10.3. The van der Waals surface area contributed by atoms with Gasteiger partial charge in [-0.3, -0.25) is 4.79 Å². The molecule has 0 bridgehead atoms. The molecule has 0 heterocycles. The van der Waals surface area contributed by atoms with Gasteiger partial charge in [0.15, 0.2) is 0 Å². The van der Waals surface area contributed by atoms with Crippen molar-refractivity contribution < 1.29 is 9.90 Å². The van der Waals surface area contributed by atoms with E-state index >= 15 is 0 Å². The Morgan fingerprint density at radius 2 is 1.46 bits per heavy atom. The Balaban J connectivity index is 1.51. The molecule has 0 aromatic heterocycles. The quantitative estimate of drug-likeness (QED) is 0.390. The van der Waals surface area contributed by atoms with Crippen LogP contribution in [0.15, 0.2) is 6.07 Å². The summed E-state index contributed by atoms with van der Waals surface area (Å²) in [6.45, 7) is 9.27. The third kappa shape index (κ3) is 5.19. The standard InChI is InChI=1S/C26H40O2/c1-19-18-20(2)22(10-7-9-12-25(4)14-15-25)23(21(19)3)11-6-5-8-13-26(16-17-26)24(27)28/h18H,5-17H2,1-4H3,(H,27,28). The number of hydrogen-bond donors (Lipinski definition) is 1. The highest BCUT2D eigenvalue weighted by Crippen LogP contribution is 2.50. The molecule has 0 aliphatic heterocycles. The predicted molar refractivity (Wildman–Crippen MR) is 117 cm³/mol. The number of carboxylic acids is 1. The van der Waals surface area contributed by atoms with Gasteiger partial charge in [0, 0.05) is 0 Å². The zero-order valence-electron chi connectivity index (χ0n) is 18.6. The minimum absolute atomic E-state index is 0.348. The first kappa shape index (κ1) is 21.4. The summed E-state index contributed by atoms with van der Waals surface area (Å²) in [7, 11) is 0. The van der Waals surface area contributed by atoms with E-state index in [9.17, 15) is 9.90 Å². The second-order valence-corrected chi connectivity index (χ2v) is 10.3. The Kier molecular flexibility index (Phi) is 6.57. The summed E-state index contributed by atoms with van der Waals surface area (Å²) >= 11 is 0. The molecule has 0 radical (unpaired) electrons. The summed E-state index contributed by atoms with van der Waals surface area (Å²) in [5, 5.41) is 9.33. The fourth-order valence-electron chi connectivity index (χ4n) is 4.89. The zero-order valence-corrected chi connectivity index (χ0v) is 18.6. The van der Waals surface area contributed by atoms with Gasteiger partial charge in [-0.2, -0.15) is 0 Å². The van der Waals surface area contributed by atoms with E-state index in [2.05, 4.69) is 33.8 Å². The molecule has 0 atom stereocenters. The molecule has 2 nitrogen and oxygen atoms in total. The minimum Gasteiger partial charge on any atom is -0.481 e. The molecule has 1 aromatic rings. The lowest BCUT2D eigenvalue weighted by molar-refractivity contribution is -0.143. The molecule has 2 heteroatoms. The van der Waals surface area contributed by atoms with E-state index in [-0.39, 0.29) is 5.41 Å². The van der Waals surface area contributed by atoms with Gasteiger partial charge in [-0.1, -0.05) is 32.3 Å². The van der Waals surface area contributed by atoms with Crippen LogP contribution in [-0.4, -0.2) is 11.1 Å². The van der Waals surface area contributed by atoms with Crippen LogP contribution in [-0.2, 0) is 17.6 Å². The van der Waals surface area contributed by atoms with Crippen molar-refractivity contribution in [1.29, 1.82) is 0 Å². The van der Waals surface area contributed by atoms with Crippen molar-refractivity contribution in [3.63, 3.8) is 0 Å². The third-order valence-electron chi connectivity index (χ3n) is 7.77. The van der Waals surface area contributed by atoms with Crippen molar-refractivity contribution >= 4 is 5.97 Å². The summed E-state index contributed by atoms with van der Waals surface area (Å²) in [4.78, 5) is 11.3. The Hall–Kier alpha value is -1.31. The molecule has 3 rings (SSSR count). The van der Waals surface area contributed by atoms with E-state index in [0.29, 0.717) is 5.41 Å². The molecule has 2 fully saturated rings. The smallest absolute Gasteiger partial charge is 0.309 e. The topological polar surface area (TPSA) is 37.3 Å². The lowest BCUT2D eigenvalue weighted by atomic mass is 9.87. The first-order valence-corrected chi connectivity index (χ1v) is 11.6. The average molecular weight is 385 g/mol. The number of hydrogen-bond acceptors (Lipinski definition) is 1. The minimum atomic E-state index is -0.569. The summed E-state index contributed by atoms with van der Waals surface area (Å²) in [6.07, 6.45) is 15.4. The van der Waals surface area contributed by atoms with Gasteiger partial charge in [-0.05, 0) is 118 Å². The van der Waals surface area contributed by atoms with Crippen LogP contribution in [0.2, 0.25) is 0 Å². The van der Waals surface area contributed by atoms with Crippen LogP contribution in [0.25, 0.3) is 0 Å². The molecule has 28 heavy (non-hydrogen) atoms. The maximum Gasteiger partial charge on any atom is 0.309 e. The Morgan fingerprint density at radius 1 is 0.857 bits per heavy atom. The number of rotatable bonds is 12. The fraction of sp³-hybridized carbons (Fsp3) is 0.731. The molecule has 2 aliphatic carbocycles. The number of carboxylic acid groups (broad SMARTS) is 1. The maximum atomic E-state index is 11.3. The van der Waals surface area contributed by atoms with Crippen molar-refractivity contribution in [2.24, 2.45) is 10.8 Å². The van der Waals surface area contributed by atoms with Gasteiger partial charge in [0.2, 0.25) is 0 Å². The van der Waals surface area contributed by atoms with E-state index in [1.54, 1.807) is 11.1 Å². The van der Waals surface area contributed by atoms with E-state index < -0.39 is 5.97 Å². The predicted octanol–water partition coefficient (Wildman–Crippen LogP) is 7.09. The van der Waals surface area contributed by atoms with Crippen molar-refractivity contribution in [2.75, 3.05) is 0 Å². The maximum absolute atomic E-state index is 11.3. The number of aryl methyl sites for hydroxylation is 2. The molecule has 1 aromatic carbocycles. The van der Waals surface area contributed by atoms with Crippen LogP contribution in [0.5, 0.6) is 0 Å². The highest BCUT2D eigenvalue weighted by Gasteiger charge is 2.49. The largest absolute Gasteiger partial charge is 0.481 e. The van der Waals surface area contributed by atoms with Gasteiger partial charge < -0.3 is 5.11 Å². The van der Waals surface area contributed by atoms with Crippen LogP contribution in [0.1, 0.15) is 105 Å². The first-order valence-electron chi connectivity index (χ1n) is 11.6. The molecule has 0 spiro atoms. The van der Waals surface area contributed by atoms with E-state index in [1.165, 1.54) is 61.6 Å². The monoisotopic (exact) mass is 384 g/mol. The van der Waals surface area contributed by atoms with Gasteiger partial charge in [-0.15, -0.1) is 0 Å². The average Bonchev–Trinajstić information content (AvgIpc) is 3.55. The molecule has 1 N–H and O–H groups in total. The highest BCUT2D eigenvalue weighted by atomic mass is 16.4. The zero-order chi connectivity index (χ0) is 20.4. The van der Waals surface area contributed by atoms with Crippen molar-refractivity contribution in [3.05, 3.63) is 33.9 Å². The molecule has 0 saturated heterocycles. The molecular weight excluding hydrogens is 344 g/mol. The molecule has 2 saturated carbocycles. The number of carbonyl (C=O) groups is 1. The summed E-state index contributed by atoms with van der Waals surface area (Å²) in [5.74, 6) is -0.569. The van der Waals surface area contributed by atoms with E-state index in [0.717, 1.165) is 38.5 Å². The van der Waals surface area contributed by atoms with E-state index in [1.807, 2.05) is 0 Å². The van der Waals surface area contributed by atoms with Crippen molar-refractivity contribution in [1.82, 2.24) is 0 Å². The third-order valence-corrected chi connectivity index (χ3v) is 7.77. The van der Waals surface area contributed by atoms with Crippen LogP contribution >= 0.6 is 0 Å². The van der Waals surface area contributed by atoms with Gasteiger partial charge in [0.05, 0.1) is 5.41 Å². The fourth-order valence-corrected chi connectivity index (χ4v) is 4.89. The Bertz CT molecular complexity index is 708. The van der Waals surface area contributed by atoms with Crippen LogP contribution in [0.3, 0.4) is 0 Å². The van der Waals surface area contributed by atoms with Crippen molar-refractivity contribution in [3.8, 4) is 0 Å². The van der Waals surface area contributed by atoms with Gasteiger partial charge >= 0.3 is 5.97 Å². The first-order chi connectivity index (χ1) is 13.3. The Morgan fingerprint density at radius 3 is 2.07 bits per heavy atom. The van der Waals surface area contributed by atoms with Crippen LogP contribution in [0, 0.1) is 31.6 Å². The van der Waals surface area contributed by atoms with E-state index in [4.69, 9.17) is 0 Å². The summed E-state index contributed by atoms with van der Waals surface area (Å²) in [5.41, 5.74) is 7.90. The normalized spacial score (nSPS) is 18.9. The highest BCUT2D eigenvalue weighted by molar-refractivity contribution is 5.77. The summed E-state index contributed by atoms with van der Waals surface area (Å²) in [6, 6.07) is 2.38. The lowest BCUT2D eigenvalue weighted by Gasteiger charge is -2.19.